The molecule has 0 aromatic carbocycles. The van der Waals surface area contributed by atoms with E-state index in [4.69, 9.17) is 0 Å². The van der Waals surface area contributed by atoms with E-state index in [0.29, 0.717) is 0 Å². The molecule has 0 saturated heterocycles. The van der Waals surface area contributed by atoms with E-state index in [1.54, 1.807) is 0 Å². The molecule has 0 radical (unpaired) electrons. The molecule has 0 aliphatic heterocycles. The van der Waals surface area contributed by atoms with E-state index < -0.39 is 0 Å². The van der Waals surface area contributed by atoms with Crippen LogP contribution in [0.2, 0.25) is 0 Å². The summed E-state index contributed by atoms with van der Waals surface area (Å²) >= 11 is 0. The number of hydrogen-bond acceptors (Lipinski definition) is 1. The molecule has 0 aromatic heterocycles. The Kier molecular flexibility index (Phi) is 2910. The fraction of sp³-hybridized carbons (Fsp3) is 1.00. The van der Waals surface area contributed by atoms with Gasteiger partial charge in [0, 0.05) is 33.6 Å². The molecule has 0 aliphatic rings. The first kappa shape index (κ1) is 166. The Labute approximate surface area is 53.0 Å². The van der Waals surface area contributed by atoms with Crippen LogP contribution in [0.15, 0.2) is 0 Å². The molecule has 0 amide bonds. The topological polar surface area (TPSA) is 66.5 Å². The van der Waals surface area contributed by atoms with Crippen LogP contribution in [-0.4, -0.2) is 5.48 Å². The molecular formula is CH9FeNNiO. The summed E-state index contributed by atoms with van der Waals surface area (Å²) in [5, 5.41) is 0. The summed E-state index contributed by atoms with van der Waals surface area (Å²) in [6, 6.07) is 0. The van der Waals surface area contributed by atoms with Crippen molar-refractivity contribution in [2.24, 2.45) is 0 Å². The Morgan fingerprint density at radius 2 is 1.00 bits per heavy atom. The minimum Gasteiger partial charge on any atom is -0.412 e. The van der Waals surface area contributed by atoms with Gasteiger partial charge in [0.2, 0.25) is 0 Å². The molecule has 0 atom stereocenters. The zero-order valence-corrected chi connectivity index (χ0v) is 3.97. The molecule has 5 heavy (non-hydrogen) atoms. The molecule has 2 nitrogen and oxygen atoms in total. The molecule has 0 aromatic rings. The van der Waals surface area contributed by atoms with Crippen LogP contribution < -0.4 is 6.15 Å². The van der Waals surface area contributed by atoms with E-state index in [1.807, 2.05) is 0 Å². The van der Waals surface area contributed by atoms with E-state index in [1.165, 1.54) is 0 Å². The monoisotopic (exact) mass is 165 g/mol. The van der Waals surface area contributed by atoms with Crippen molar-refractivity contribution in [1.82, 2.24) is 6.15 Å². The van der Waals surface area contributed by atoms with Crippen molar-refractivity contribution in [3.05, 3.63) is 0 Å². The van der Waals surface area contributed by atoms with Gasteiger partial charge in [-0.25, -0.2) is 0 Å². The maximum atomic E-state index is 0. The average Bonchev–Trinajstić information content (AvgIpc) is 0. The van der Waals surface area contributed by atoms with Gasteiger partial charge >= 0.3 is 0 Å². The summed E-state index contributed by atoms with van der Waals surface area (Å²) in [6.45, 7) is 0. The van der Waals surface area contributed by atoms with Gasteiger partial charge in [0.1, 0.15) is 0 Å². The molecule has 0 bridgehead atoms. The van der Waals surface area contributed by atoms with Gasteiger partial charge in [0.15, 0.2) is 0 Å². The molecule has 4 heteroatoms. The van der Waals surface area contributed by atoms with Crippen molar-refractivity contribution in [2.75, 3.05) is 0 Å². The Morgan fingerprint density at radius 3 is 1.00 bits per heavy atom. The standard InChI is InChI=1S/CH4.Fe.H3N.Ni.H2O/h1H4;;1H3;;1H2. The Bertz CT molecular complexity index is 11.6. The summed E-state index contributed by atoms with van der Waals surface area (Å²) in [6.07, 6.45) is 0. The van der Waals surface area contributed by atoms with Crippen LogP contribution in [0.5, 0.6) is 0 Å². The summed E-state index contributed by atoms with van der Waals surface area (Å²) in [4.78, 5) is 0. The fourth-order valence-corrected chi connectivity index (χ4v) is 0. The second-order valence-electron chi connectivity index (χ2n) is 0. The molecule has 0 unspecified atom stereocenters. The van der Waals surface area contributed by atoms with Crippen molar-refractivity contribution in [3.8, 4) is 0 Å². The van der Waals surface area contributed by atoms with Crippen LogP contribution in [0.25, 0.3) is 0 Å². The van der Waals surface area contributed by atoms with E-state index in [-0.39, 0.29) is 52.6 Å². The first-order valence-electron chi connectivity index (χ1n) is 0. The zero-order valence-electron chi connectivity index (χ0n) is 1.88. The van der Waals surface area contributed by atoms with Gasteiger partial charge in [-0.2, -0.15) is 0 Å². The third-order valence-electron chi connectivity index (χ3n) is 0. The third kappa shape index (κ3) is 48.8. The number of hydrogen-bond donors (Lipinski definition) is 1. The van der Waals surface area contributed by atoms with Crippen LogP contribution in [0.1, 0.15) is 7.43 Å². The SMILES string of the molecule is C.N.O.[Fe].[Ni]. The van der Waals surface area contributed by atoms with Crippen LogP contribution in [0.4, 0.5) is 0 Å². The molecule has 42 valence electrons. The average molecular weight is 166 g/mol. The summed E-state index contributed by atoms with van der Waals surface area (Å²) in [7, 11) is 0. The molecular weight excluding hydrogens is 157 g/mol. The van der Waals surface area contributed by atoms with E-state index in [9.17, 15) is 0 Å². The van der Waals surface area contributed by atoms with Crippen LogP contribution >= 0.6 is 0 Å². The van der Waals surface area contributed by atoms with Gasteiger partial charge < -0.3 is 11.6 Å². The van der Waals surface area contributed by atoms with E-state index in [0.717, 1.165) is 0 Å². The largest absolute Gasteiger partial charge is 0.412 e. The molecule has 0 rings (SSSR count). The molecule has 5 N–H and O–H groups in total. The van der Waals surface area contributed by atoms with Crippen molar-refractivity contribution in [2.45, 2.75) is 7.43 Å². The predicted molar refractivity (Wildman–Crippen MR) is 15.4 cm³/mol. The van der Waals surface area contributed by atoms with Gasteiger partial charge in [-0.3, -0.25) is 0 Å². The predicted octanol–water partition coefficient (Wildman–Crippen LogP) is -0.0316. The molecule has 0 heterocycles. The minimum atomic E-state index is 0. The maximum Gasteiger partial charge on any atom is 0 e. The van der Waals surface area contributed by atoms with E-state index in [2.05, 4.69) is 0 Å². The normalized spacial score (nSPS) is 0. The molecule has 0 saturated carbocycles. The second kappa shape index (κ2) is 87.7. The number of rotatable bonds is 0. The van der Waals surface area contributed by atoms with Crippen molar-refractivity contribution >= 4 is 0 Å². The first-order valence-corrected chi connectivity index (χ1v) is 0. The molecule has 0 aliphatic carbocycles. The Hall–Kier alpha value is 0.933. The Balaban J connectivity index is 0. The molecule has 0 fully saturated rings. The zero-order chi connectivity index (χ0) is 0. The maximum absolute atomic E-state index is 0. The third-order valence-corrected chi connectivity index (χ3v) is 0. The van der Waals surface area contributed by atoms with Crippen molar-refractivity contribution in [3.63, 3.8) is 0 Å². The minimum absolute atomic E-state index is 0. The summed E-state index contributed by atoms with van der Waals surface area (Å²) in [5.74, 6) is 0. The summed E-state index contributed by atoms with van der Waals surface area (Å²) < 4.78 is 0. The van der Waals surface area contributed by atoms with Gasteiger partial charge in [-0.05, 0) is 0 Å². The van der Waals surface area contributed by atoms with Gasteiger partial charge in [0.25, 0.3) is 0 Å². The van der Waals surface area contributed by atoms with Crippen molar-refractivity contribution in [1.29, 1.82) is 0 Å². The molecule has 0 spiro atoms. The fourth-order valence-electron chi connectivity index (χ4n) is 0. The Morgan fingerprint density at radius 1 is 1.00 bits per heavy atom. The van der Waals surface area contributed by atoms with E-state index >= 15 is 0 Å². The smallest absolute Gasteiger partial charge is 0 e. The van der Waals surface area contributed by atoms with Crippen LogP contribution in [0, 0.1) is 0 Å². The summed E-state index contributed by atoms with van der Waals surface area (Å²) in [5.41, 5.74) is 0. The second-order valence-corrected chi connectivity index (χ2v) is 0. The van der Waals surface area contributed by atoms with Gasteiger partial charge in [-0.15, -0.1) is 0 Å². The van der Waals surface area contributed by atoms with Crippen LogP contribution in [0.3, 0.4) is 0 Å². The van der Waals surface area contributed by atoms with Gasteiger partial charge in [0.05, 0.1) is 0 Å². The van der Waals surface area contributed by atoms with Gasteiger partial charge in [-0.1, -0.05) is 7.43 Å². The van der Waals surface area contributed by atoms with Crippen molar-refractivity contribution < 1.29 is 39.0 Å². The first-order chi connectivity index (χ1) is 0. The van der Waals surface area contributed by atoms with Crippen LogP contribution in [-0.2, 0) is 33.6 Å². The quantitative estimate of drug-likeness (QED) is 0.504.